The molecule has 1 aliphatic rings. The number of rotatable bonds is 6. The fraction of sp³-hybridized carbons (Fsp3) is 0.882. The van der Waals surface area contributed by atoms with Crippen molar-refractivity contribution >= 4 is 11.8 Å². The van der Waals surface area contributed by atoms with Crippen LogP contribution in [0.25, 0.3) is 0 Å². The zero-order valence-corrected chi connectivity index (χ0v) is 14.7. The molecule has 4 heteroatoms. The van der Waals surface area contributed by atoms with E-state index in [1.807, 2.05) is 32.6 Å². The Morgan fingerprint density at radius 3 is 1.95 bits per heavy atom. The first-order valence-electron chi connectivity index (χ1n) is 8.40. The third-order valence-electron chi connectivity index (χ3n) is 4.96. The molecule has 0 spiro atoms. The van der Waals surface area contributed by atoms with Gasteiger partial charge in [0.1, 0.15) is 11.6 Å². The topological polar surface area (TPSA) is 49.4 Å². The van der Waals surface area contributed by atoms with E-state index in [4.69, 9.17) is 0 Å². The number of amides is 2. The number of nitrogens with zero attached hydrogens (tertiary/aromatic N) is 1. The first-order chi connectivity index (χ1) is 9.75. The van der Waals surface area contributed by atoms with Gasteiger partial charge in [-0.25, -0.2) is 0 Å². The minimum absolute atomic E-state index is 0.00685. The third-order valence-corrected chi connectivity index (χ3v) is 4.96. The lowest BCUT2D eigenvalue weighted by molar-refractivity contribution is -0.162. The Hall–Kier alpha value is -1.06. The SMILES string of the molecule is CCC(C(C)C)N1C(=O)C(CC)(CC)NC(=O)C1C(C)C. The minimum Gasteiger partial charge on any atom is -0.340 e. The first-order valence-corrected chi connectivity index (χ1v) is 8.40. The maximum absolute atomic E-state index is 13.2. The molecule has 21 heavy (non-hydrogen) atoms. The zero-order chi connectivity index (χ0) is 16.4. The maximum atomic E-state index is 13.2. The molecule has 0 aromatic carbocycles. The molecule has 122 valence electrons. The van der Waals surface area contributed by atoms with Gasteiger partial charge in [-0.1, -0.05) is 48.5 Å². The van der Waals surface area contributed by atoms with Crippen LogP contribution >= 0.6 is 0 Å². The molecule has 0 radical (unpaired) electrons. The fourth-order valence-electron chi connectivity index (χ4n) is 3.56. The van der Waals surface area contributed by atoms with Gasteiger partial charge in [-0.15, -0.1) is 0 Å². The average Bonchev–Trinajstić information content (AvgIpc) is 2.42. The summed E-state index contributed by atoms with van der Waals surface area (Å²) in [5.74, 6) is 0.574. The Morgan fingerprint density at radius 2 is 1.62 bits per heavy atom. The van der Waals surface area contributed by atoms with Crippen LogP contribution < -0.4 is 5.32 Å². The van der Waals surface area contributed by atoms with Crippen molar-refractivity contribution in [2.75, 3.05) is 0 Å². The van der Waals surface area contributed by atoms with Crippen LogP contribution in [0.1, 0.15) is 67.7 Å². The van der Waals surface area contributed by atoms with E-state index < -0.39 is 5.54 Å². The highest BCUT2D eigenvalue weighted by Crippen LogP contribution is 2.32. The van der Waals surface area contributed by atoms with Crippen LogP contribution in [0, 0.1) is 11.8 Å². The molecule has 4 nitrogen and oxygen atoms in total. The Morgan fingerprint density at radius 1 is 1.10 bits per heavy atom. The number of hydrogen-bond acceptors (Lipinski definition) is 2. The molecule has 0 aromatic heterocycles. The van der Waals surface area contributed by atoms with Gasteiger partial charge in [-0.2, -0.15) is 0 Å². The van der Waals surface area contributed by atoms with Crippen LogP contribution in [0.3, 0.4) is 0 Å². The molecule has 1 rings (SSSR count). The Balaban J connectivity index is 3.33. The second-order valence-corrected chi connectivity index (χ2v) is 6.90. The molecule has 2 amide bonds. The summed E-state index contributed by atoms with van der Waals surface area (Å²) in [6, 6.07) is -0.232. The van der Waals surface area contributed by atoms with Crippen molar-refractivity contribution in [3.63, 3.8) is 0 Å². The highest BCUT2D eigenvalue weighted by molar-refractivity contribution is 6.00. The quantitative estimate of drug-likeness (QED) is 0.819. The van der Waals surface area contributed by atoms with E-state index in [2.05, 4.69) is 26.1 Å². The summed E-state index contributed by atoms with van der Waals surface area (Å²) >= 11 is 0. The third kappa shape index (κ3) is 3.09. The summed E-state index contributed by atoms with van der Waals surface area (Å²) in [5.41, 5.74) is -0.717. The smallest absolute Gasteiger partial charge is 0.249 e. The minimum atomic E-state index is -0.717. The van der Waals surface area contributed by atoms with Crippen molar-refractivity contribution in [1.82, 2.24) is 10.2 Å². The molecule has 1 aliphatic heterocycles. The maximum Gasteiger partial charge on any atom is 0.249 e. The predicted octanol–water partition coefficient (Wildman–Crippen LogP) is 2.96. The largest absolute Gasteiger partial charge is 0.340 e. The van der Waals surface area contributed by atoms with Crippen molar-refractivity contribution in [3.8, 4) is 0 Å². The molecular formula is C17H32N2O2. The molecule has 1 N–H and O–H groups in total. The van der Waals surface area contributed by atoms with E-state index in [0.29, 0.717) is 18.8 Å². The average molecular weight is 296 g/mol. The number of piperazine rings is 1. The molecule has 1 fully saturated rings. The van der Waals surface area contributed by atoms with Gasteiger partial charge in [-0.05, 0) is 31.1 Å². The lowest BCUT2D eigenvalue weighted by Gasteiger charge is -2.50. The van der Waals surface area contributed by atoms with Crippen molar-refractivity contribution < 1.29 is 9.59 Å². The molecule has 2 atom stereocenters. The number of hydrogen-bond donors (Lipinski definition) is 1. The highest BCUT2D eigenvalue weighted by Gasteiger charge is 2.51. The van der Waals surface area contributed by atoms with Crippen LogP contribution in [0.5, 0.6) is 0 Å². The van der Waals surface area contributed by atoms with Gasteiger partial charge in [-0.3, -0.25) is 9.59 Å². The van der Waals surface area contributed by atoms with E-state index in [1.165, 1.54) is 0 Å². The van der Waals surface area contributed by atoms with Gasteiger partial charge >= 0.3 is 0 Å². The van der Waals surface area contributed by atoms with Gasteiger partial charge < -0.3 is 10.2 Å². The predicted molar refractivity (Wildman–Crippen MR) is 85.8 cm³/mol. The van der Waals surface area contributed by atoms with Crippen molar-refractivity contribution in [2.24, 2.45) is 11.8 Å². The lowest BCUT2D eigenvalue weighted by atomic mass is 9.82. The summed E-state index contributed by atoms with van der Waals surface area (Å²) in [7, 11) is 0. The van der Waals surface area contributed by atoms with E-state index in [1.54, 1.807) is 0 Å². The van der Waals surface area contributed by atoms with E-state index in [9.17, 15) is 9.59 Å². The fourth-order valence-corrected chi connectivity index (χ4v) is 3.56. The van der Waals surface area contributed by atoms with Gasteiger partial charge in [0.15, 0.2) is 0 Å². The van der Waals surface area contributed by atoms with Gasteiger partial charge in [0.25, 0.3) is 0 Å². The second-order valence-electron chi connectivity index (χ2n) is 6.90. The molecule has 1 saturated heterocycles. The Bertz CT molecular complexity index is 386. The highest BCUT2D eigenvalue weighted by atomic mass is 16.2. The lowest BCUT2D eigenvalue weighted by Crippen LogP contribution is -2.73. The zero-order valence-electron chi connectivity index (χ0n) is 14.7. The summed E-state index contributed by atoms with van der Waals surface area (Å²) in [4.78, 5) is 27.8. The first kappa shape index (κ1) is 18.0. The Kier molecular flexibility index (Phi) is 5.83. The van der Waals surface area contributed by atoms with Crippen LogP contribution in [0.2, 0.25) is 0 Å². The van der Waals surface area contributed by atoms with Crippen molar-refractivity contribution in [3.05, 3.63) is 0 Å². The van der Waals surface area contributed by atoms with E-state index in [-0.39, 0.29) is 29.8 Å². The van der Waals surface area contributed by atoms with Crippen molar-refractivity contribution in [1.29, 1.82) is 0 Å². The van der Waals surface area contributed by atoms with Crippen LogP contribution in [0.4, 0.5) is 0 Å². The summed E-state index contributed by atoms with van der Waals surface area (Å²) in [6.45, 7) is 14.3. The van der Waals surface area contributed by atoms with Crippen LogP contribution in [0.15, 0.2) is 0 Å². The molecule has 0 bridgehead atoms. The second kappa shape index (κ2) is 6.80. The number of carbonyl (C=O) groups is 2. The molecule has 0 saturated carbocycles. The van der Waals surface area contributed by atoms with Gasteiger partial charge in [0.05, 0.1) is 0 Å². The number of carbonyl (C=O) groups excluding carboxylic acids is 2. The van der Waals surface area contributed by atoms with E-state index in [0.717, 1.165) is 6.42 Å². The van der Waals surface area contributed by atoms with Gasteiger partial charge in [0.2, 0.25) is 11.8 Å². The van der Waals surface area contributed by atoms with E-state index >= 15 is 0 Å². The molecule has 0 aromatic rings. The summed E-state index contributed by atoms with van der Waals surface area (Å²) in [6.07, 6.45) is 2.16. The van der Waals surface area contributed by atoms with Gasteiger partial charge in [0, 0.05) is 6.04 Å². The molecule has 2 unspecified atom stereocenters. The molecular weight excluding hydrogens is 264 g/mol. The van der Waals surface area contributed by atoms with Crippen molar-refractivity contribution in [2.45, 2.75) is 85.4 Å². The Labute approximate surface area is 129 Å². The number of nitrogens with one attached hydrogen (secondary N) is 1. The summed E-state index contributed by atoms with van der Waals surface area (Å²) < 4.78 is 0. The summed E-state index contributed by atoms with van der Waals surface area (Å²) in [5, 5.41) is 3.03. The molecule has 1 heterocycles. The molecule has 0 aliphatic carbocycles. The van der Waals surface area contributed by atoms with Crippen LogP contribution in [-0.4, -0.2) is 34.3 Å². The monoisotopic (exact) mass is 296 g/mol. The standard InChI is InChI=1S/C17H32N2O2/c1-8-13(11(4)5)19-14(12(6)7)15(20)18-17(9-2,10-3)16(19)21/h11-14H,8-10H2,1-7H3,(H,18,20). The normalized spacial score (nSPS) is 23.7. The van der Waals surface area contributed by atoms with Crippen LogP contribution in [-0.2, 0) is 9.59 Å².